The first kappa shape index (κ1) is 13.7. The van der Waals surface area contributed by atoms with Crippen molar-refractivity contribution in [1.82, 2.24) is 0 Å². The molecule has 2 rings (SSSR count). The number of hydrogen-bond donors (Lipinski definition) is 1. The highest BCUT2D eigenvalue weighted by atomic mass is 79.9. The molecule has 0 radical (unpaired) electrons. The van der Waals surface area contributed by atoms with Crippen LogP contribution in [0.1, 0.15) is 11.1 Å². The first-order valence-electron chi connectivity index (χ1n) is 5.44. The largest absolute Gasteiger partial charge is 0.453 e. The molecule has 0 spiro atoms. The maximum atomic E-state index is 9.06. The fraction of sp³-hybridized carbons (Fsp3) is 0.0714. The van der Waals surface area contributed by atoms with Crippen molar-refractivity contribution in [1.29, 1.82) is 5.26 Å². The van der Waals surface area contributed by atoms with Crippen molar-refractivity contribution in [2.45, 2.75) is 6.92 Å². The maximum absolute atomic E-state index is 9.06. The van der Waals surface area contributed by atoms with E-state index in [1.807, 2.05) is 13.0 Å². The lowest BCUT2D eigenvalue weighted by atomic mass is 10.2. The predicted molar refractivity (Wildman–Crippen MR) is 79.5 cm³/mol. The van der Waals surface area contributed by atoms with Gasteiger partial charge in [0.2, 0.25) is 0 Å². The Morgan fingerprint density at radius 1 is 1.32 bits per heavy atom. The summed E-state index contributed by atoms with van der Waals surface area (Å²) in [6.45, 7) is 1.88. The standard InChI is InChI=1S/C14H10BrClN2O/c1-8-4-10(15)5-12(18)14(8)19-13-6-11(16)3-2-9(13)7-17/h2-6H,18H2,1H3. The number of rotatable bonds is 2. The fourth-order valence-electron chi connectivity index (χ4n) is 1.68. The molecule has 0 aromatic heterocycles. The quantitative estimate of drug-likeness (QED) is 0.811. The molecule has 0 unspecified atom stereocenters. The van der Waals surface area contributed by atoms with E-state index in [1.165, 1.54) is 0 Å². The second kappa shape index (κ2) is 5.52. The van der Waals surface area contributed by atoms with E-state index < -0.39 is 0 Å². The average Bonchev–Trinajstić information content (AvgIpc) is 2.34. The second-order valence-electron chi connectivity index (χ2n) is 4.00. The number of halogens is 2. The average molecular weight is 338 g/mol. The molecule has 0 fully saturated rings. The van der Waals surface area contributed by atoms with Gasteiger partial charge in [-0.25, -0.2) is 0 Å². The molecule has 0 aliphatic rings. The lowest BCUT2D eigenvalue weighted by Gasteiger charge is -2.13. The molecule has 3 nitrogen and oxygen atoms in total. The van der Waals surface area contributed by atoms with Crippen molar-refractivity contribution in [2.75, 3.05) is 5.73 Å². The van der Waals surface area contributed by atoms with Gasteiger partial charge in [0.05, 0.1) is 11.3 Å². The molecule has 0 saturated heterocycles. The zero-order chi connectivity index (χ0) is 14.0. The minimum Gasteiger partial charge on any atom is -0.453 e. The Hall–Kier alpha value is -1.70. The summed E-state index contributed by atoms with van der Waals surface area (Å²) in [4.78, 5) is 0. The highest BCUT2D eigenvalue weighted by Gasteiger charge is 2.11. The van der Waals surface area contributed by atoms with E-state index in [0.29, 0.717) is 27.8 Å². The zero-order valence-electron chi connectivity index (χ0n) is 10.1. The second-order valence-corrected chi connectivity index (χ2v) is 5.35. The molecule has 0 bridgehead atoms. The Kier molecular flexibility index (Phi) is 3.98. The Morgan fingerprint density at radius 2 is 2.05 bits per heavy atom. The zero-order valence-corrected chi connectivity index (χ0v) is 12.4. The van der Waals surface area contributed by atoms with Crippen LogP contribution < -0.4 is 10.5 Å². The minimum atomic E-state index is 0.395. The predicted octanol–water partition coefficient (Wildman–Crippen LogP) is 4.66. The Balaban J connectivity index is 2.48. The smallest absolute Gasteiger partial charge is 0.153 e. The molecule has 0 aliphatic carbocycles. The van der Waals surface area contributed by atoms with Crippen LogP contribution in [0.3, 0.4) is 0 Å². The number of ether oxygens (including phenoxy) is 1. The van der Waals surface area contributed by atoms with Gasteiger partial charge in [0.1, 0.15) is 11.8 Å². The van der Waals surface area contributed by atoms with Gasteiger partial charge in [0.25, 0.3) is 0 Å². The minimum absolute atomic E-state index is 0.395. The van der Waals surface area contributed by atoms with E-state index in [9.17, 15) is 0 Å². The van der Waals surface area contributed by atoms with Crippen LogP contribution in [0.2, 0.25) is 5.02 Å². The molecule has 0 saturated carbocycles. The van der Waals surface area contributed by atoms with Crippen LogP contribution in [0.5, 0.6) is 11.5 Å². The molecule has 19 heavy (non-hydrogen) atoms. The topological polar surface area (TPSA) is 59.0 Å². The third kappa shape index (κ3) is 3.01. The summed E-state index contributed by atoms with van der Waals surface area (Å²) in [7, 11) is 0. The first-order valence-corrected chi connectivity index (χ1v) is 6.61. The van der Waals surface area contributed by atoms with Gasteiger partial charge in [-0.3, -0.25) is 0 Å². The lowest BCUT2D eigenvalue weighted by Crippen LogP contribution is -1.96. The molecule has 0 aliphatic heterocycles. The monoisotopic (exact) mass is 336 g/mol. The van der Waals surface area contributed by atoms with Crippen LogP contribution in [0, 0.1) is 18.3 Å². The molecule has 96 valence electrons. The van der Waals surface area contributed by atoms with Gasteiger partial charge in [-0.15, -0.1) is 0 Å². The molecule has 2 N–H and O–H groups in total. The molecule has 0 atom stereocenters. The van der Waals surface area contributed by atoms with E-state index in [4.69, 9.17) is 27.3 Å². The number of benzene rings is 2. The summed E-state index contributed by atoms with van der Waals surface area (Å²) in [6, 6.07) is 10.6. The molecule has 5 heteroatoms. The third-order valence-electron chi connectivity index (χ3n) is 2.54. The van der Waals surface area contributed by atoms with Crippen molar-refractivity contribution in [3.8, 4) is 17.6 Å². The van der Waals surface area contributed by atoms with Gasteiger partial charge >= 0.3 is 0 Å². The highest BCUT2D eigenvalue weighted by molar-refractivity contribution is 9.10. The van der Waals surface area contributed by atoms with Gasteiger partial charge < -0.3 is 10.5 Å². The highest BCUT2D eigenvalue weighted by Crippen LogP contribution is 2.35. The summed E-state index contributed by atoms with van der Waals surface area (Å²) in [5.74, 6) is 0.925. The summed E-state index contributed by atoms with van der Waals surface area (Å²) in [5.41, 5.74) is 7.70. The molecular formula is C14H10BrClN2O. The van der Waals surface area contributed by atoms with Crippen LogP contribution in [0.25, 0.3) is 0 Å². The van der Waals surface area contributed by atoms with Crippen molar-refractivity contribution in [3.05, 3.63) is 51.0 Å². The fourth-order valence-corrected chi connectivity index (χ4v) is 2.43. The number of aryl methyl sites for hydroxylation is 1. The van der Waals surface area contributed by atoms with Gasteiger partial charge in [0.15, 0.2) is 5.75 Å². The van der Waals surface area contributed by atoms with Crippen molar-refractivity contribution in [2.24, 2.45) is 0 Å². The molecular weight excluding hydrogens is 328 g/mol. The van der Waals surface area contributed by atoms with E-state index in [-0.39, 0.29) is 0 Å². The molecule has 2 aromatic rings. The number of nitrogen functional groups attached to an aromatic ring is 1. The normalized spacial score (nSPS) is 10.0. The number of nitrogens with two attached hydrogens (primary N) is 1. The Morgan fingerprint density at radius 3 is 2.68 bits per heavy atom. The first-order chi connectivity index (χ1) is 9.01. The number of nitrogens with zero attached hydrogens (tertiary/aromatic N) is 1. The number of anilines is 1. The van der Waals surface area contributed by atoms with Crippen molar-refractivity contribution >= 4 is 33.2 Å². The molecule has 0 amide bonds. The Bertz CT molecular complexity index is 657. The molecule has 0 heterocycles. The van der Waals surface area contributed by atoms with Crippen LogP contribution in [0.15, 0.2) is 34.8 Å². The van der Waals surface area contributed by atoms with E-state index in [1.54, 1.807) is 24.3 Å². The Labute approximate surface area is 124 Å². The summed E-state index contributed by atoms with van der Waals surface area (Å²) in [5, 5.41) is 9.56. The van der Waals surface area contributed by atoms with E-state index >= 15 is 0 Å². The van der Waals surface area contributed by atoms with Gasteiger partial charge in [-0.2, -0.15) is 5.26 Å². The summed E-state index contributed by atoms with van der Waals surface area (Å²) >= 11 is 9.28. The summed E-state index contributed by atoms with van der Waals surface area (Å²) < 4.78 is 6.62. The van der Waals surface area contributed by atoms with Gasteiger partial charge in [0, 0.05) is 15.6 Å². The maximum Gasteiger partial charge on any atom is 0.153 e. The van der Waals surface area contributed by atoms with Gasteiger partial charge in [-0.05, 0) is 36.8 Å². The summed E-state index contributed by atoms with van der Waals surface area (Å²) in [6.07, 6.45) is 0. The third-order valence-corrected chi connectivity index (χ3v) is 3.24. The van der Waals surface area contributed by atoms with Gasteiger partial charge in [-0.1, -0.05) is 27.5 Å². The van der Waals surface area contributed by atoms with Crippen molar-refractivity contribution < 1.29 is 4.74 Å². The van der Waals surface area contributed by atoms with Crippen LogP contribution >= 0.6 is 27.5 Å². The van der Waals surface area contributed by atoms with Crippen LogP contribution in [0.4, 0.5) is 5.69 Å². The van der Waals surface area contributed by atoms with E-state index in [0.717, 1.165) is 10.0 Å². The number of nitriles is 1. The van der Waals surface area contributed by atoms with E-state index in [2.05, 4.69) is 22.0 Å². The molecule has 2 aromatic carbocycles. The van der Waals surface area contributed by atoms with Crippen LogP contribution in [-0.2, 0) is 0 Å². The van der Waals surface area contributed by atoms with Crippen molar-refractivity contribution in [3.63, 3.8) is 0 Å². The SMILES string of the molecule is Cc1cc(Br)cc(N)c1Oc1cc(Cl)ccc1C#N. The number of hydrogen-bond acceptors (Lipinski definition) is 3. The lowest BCUT2D eigenvalue weighted by molar-refractivity contribution is 0.479. The van der Waals surface area contributed by atoms with Crippen LogP contribution in [-0.4, -0.2) is 0 Å².